The van der Waals surface area contributed by atoms with E-state index < -0.39 is 16.8 Å². The molecule has 1 aromatic heterocycles. The summed E-state index contributed by atoms with van der Waals surface area (Å²) in [6.07, 6.45) is 0. The van der Waals surface area contributed by atoms with Crippen LogP contribution in [0, 0.1) is 17.0 Å². The Morgan fingerprint density at radius 3 is 2.52 bits per heavy atom. The number of rotatable bonds is 4. The van der Waals surface area contributed by atoms with Crippen molar-refractivity contribution < 1.29 is 14.8 Å². The first-order valence-electron chi connectivity index (χ1n) is 7.61. The van der Waals surface area contributed by atoms with Gasteiger partial charge in [0.15, 0.2) is 0 Å². The topological polar surface area (TPSA) is 92.5 Å². The van der Waals surface area contributed by atoms with Crippen LogP contribution in [0.5, 0.6) is 0 Å². The summed E-state index contributed by atoms with van der Waals surface area (Å²) in [6, 6.07) is 10.8. The van der Waals surface area contributed by atoms with Crippen LogP contribution in [0.4, 0.5) is 0 Å². The van der Waals surface area contributed by atoms with E-state index in [1.807, 2.05) is 24.4 Å². The molecule has 0 spiro atoms. The van der Waals surface area contributed by atoms with Crippen molar-refractivity contribution in [1.29, 1.82) is 0 Å². The molecule has 3 rings (SSSR count). The first-order chi connectivity index (χ1) is 11.9. The van der Waals surface area contributed by atoms with Gasteiger partial charge in [0.1, 0.15) is 11.6 Å². The van der Waals surface area contributed by atoms with Crippen LogP contribution in [0.2, 0.25) is 0 Å². The predicted molar refractivity (Wildman–Crippen MR) is 95.6 cm³/mol. The molecule has 25 heavy (non-hydrogen) atoms. The van der Waals surface area contributed by atoms with Gasteiger partial charge in [-0.3, -0.25) is 10.1 Å². The van der Waals surface area contributed by atoms with Crippen LogP contribution >= 0.6 is 11.3 Å². The molecule has 2 heterocycles. The molecule has 128 valence electrons. The van der Waals surface area contributed by atoms with Gasteiger partial charge in [-0.25, -0.2) is 4.79 Å². The fourth-order valence-corrected chi connectivity index (χ4v) is 3.85. The van der Waals surface area contributed by atoms with E-state index in [0.29, 0.717) is 21.8 Å². The van der Waals surface area contributed by atoms with E-state index in [1.54, 1.807) is 31.2 Å². The van der Waals surface area contributed by atoms with Crippen LogP contribution < -0.4 is 5.32 Å². The lowest BCUT2D eigenvalue weighted by Crippen LogP contribution is -2.31. The van der Waals surface area contributed by atoms with E-state index in [0.717, 1.165) is 5.56 Å². The number of nitrogens with one attached hydrogen (secondary N) is 1. The first-order valence-corrected chi connectivity index (χ1v) is 8.48. The van der Waals surface area contributed by atoms with E-state index in [9.17, 15) is 20.0 Å². The molecular weight excluding hydrogens is 340 g/mol. The zero-order valence-corrected chi connectivity index (χ0v) is 14.5. The molecule has 0 amide bonds. The van der Waals surface area contributed by atoms with Gasteiger partial charge in [0, 0.05) is 5.70 Å². The Balaban J connectivity index is 2.33. The number of dihydropyridines is 1. The summed E-state index contributed by atoms with van der Waals surface area (Å²) in [4.78, 5) is 24.0. The molecule has 0 aliphatic carbocycles. The molecule has 0 bridgehead atoms. The van der Waals surface area contributed by atoms with E-state index in [4.69, 9.17) is 0 Å². The van der Waals surface area contributed by atoms with Gasteiger partial charge < -0.3 is 10.4 Å². The second-order valence-corrected chi connectivity index (χ2v) is 6.70. The summed E-state index contributed by atoms with van der Waals surface area (Å²) in [6.45, 7) is 3.47. The summed E-state index contributed by atoms with van der Waals surface area (Å²) < 4.78 is 0. The van der Waals surface area contributed by atoms with Crippen LogP contribution in [0.1, 0.15) is 28.8 Å². The minimum Gasteiger partial charge on any atom is -0.478 e. The summed E-state index contributed by atoms with van der Waals surface area (Å²) in [7, 11) is 0. The number of aliphatic carboxylic acids is 1. The second kappa shape index (κ2) is 6.52. The van der Waals surface area contributed by atoms with Crippen LogP contribution in [-0.4, -0.2) is 16.0 Å². The van der Waals surface area contributed by atoms with Gasteiger partial charge in [-0.05, 0) is 36.4 Å². The average molecular weight is 356 g/mol. The van der Waals surface area contributed by atoms with Crippen molar-refractivity contribution in [3.05, 3.63) is 84.9 Å². The Labute approximate surface area is 148 Å². The molecular formula is C18H16N2O4S. The van der Waals surface area contributed by atoms with Gasteiger partial charge in [-0.1, -0.05) is 30.3 Å². The number of nitro groups is 1. The highest BCUT2D eigenvalue weighted by atomic mass is 32.1. The number of nitrogens with zero attached hydrogens (tertiary/aromatic N) is 1. The molecule has 1 atom stereocenters. The number of carboxylic acids is 1. The number of aryl methyl sites for hydroxylation is 1. The van der Waals surface area contributed by atoms with Gasteiger partial charge >= 0.3 is 5.97 Å². The smallest absolute Gasteiger partial charge is 0.334 e. The standard InChI is InChI=1S/C18H16N2O4S/c1-10-6-3-4-7-12(10)15-14(18(21)22)11(2)19-16(17(15)20(23)24)13-8-5-9-25-13/h3-9,15,19H,1-2H3,(H,21,22). The number of thiophene rings is 1. The molecule has 7 heteroatoms. The minimum atomic E-state index is -1.16. The van der Waals surface area contributed by atoms with Crippen LogP contribution in [-0.2, 0) is 4.79 Å². The predicted octanol–water partition coefficient (Wildman–Crippen LogP) is 3.75. The highest BCUT2D eigenvalue weighted by Gasteiger charge is 2.42. The normalized spacial score (nSPS) is 17.4. The van der Waals surface area contributed by atoms with Crippen LogP contribution in [0.15, 0.2) is 58.7 Å². The van der Waals surface area contributed by atoms with Crippen molar-refractivity contribution in [3.8, 4) is 0 Å². The Bertz CT molecular complexity index is 913. The molecule has 0 saturated carbocycles. The lowest BCUT2D eigenvalue weighted by molar-refractivity contribution is -0.428. The van der Waals surface area contributed by atoms with Gasteiger partial charge in [-0.15, -0.1) is 11.3 Å². The van der Waals surface area contributed by atoms with Gasteiger partial charge in [0.2, 0.25) is 0 Å². The highest BCUT2D eigenvalue weighted by molar-refractivity contribution is 7.11. The van der Waals surface area contributed by atoms with E-state index in [2.05, 4.69) is 5.32 Å². The number of carbonyl (C=O) groups is 1. The number of hydrogen-bond acceptors (Lipinski definition) is 5. The maximum Gasteiger partial charge on any atom is 0.334 e. The molecule has 1 unspecified atom stereocenters. The molecule has 1 aliphatic heterocycles. The quantitative estimate of drug-likeness (QED) is 0.643. The minimum absolute atomic E-state index is 0.00121. The van der Waals surface area contributed by atoms with Crippen molar-refractivity contribution in [2.24, 2.45) is 0 Å². The zero-order valence-electron chi connectivity index (χ0n) is 13.6. The largest absolute Gasteiger partial charge is 0.478 e. The Hall–Kier alpha value is -2.93. The third kappa shape index (κ3) is 2.94. The number of benzene rings is 1. The van der Waals surface area contributed by atoms with Crippen LogP contribution in [0.25, 0.3) is 5.70 Å². The Morgan fingerprint density at radius 1 is 1.24 bits per heavy atom. The summed E-state index contributed by atoms with van der Waals surface area (Å²) in [5, 5.41) is 26.4. The maximum absolute atomic E-state index is 11.9. The van der Waals surface area contributed by atoms with E-state index in [1.165, 1.54) is 11.3 Å². The number of carboxylic acid groups (broad SMARTS) is 1. The molecule has 1 aliphatic rings. The third-order valence-electron chi connectivity index (χ3n) is 4.23. The summed E-state index contributed by atoms with van der Waals surface area (Å²) >= 11 is 1.37. The highest BCUT2D eigenvalue weighted by Crippen LogP contribution is 2.42. The van der Waals surface area contributed by atoms with E-state index in [-0.39, 0.29) is 11.3 Å². The van der Waals surface area contributed by atoms with Gasteiger partial charge in [0.05, 0.1) is 15.4 Å². The maximum atomic E-state index is 11.9. The molecule has 2 aromatic rings. The first kappa shape index (κ1) is 16.9. The lowest BCUT2D eigenvalue weighted by atomic mass is 9.82. The van der Waals surface area contributed by atoms with Crippen molar-refractivity contribution in [2.75, 3.05) is 0 Å². The summed E-state index contributed by atoms with van der Waals surface area (Å²) in [5.41, 5.74) is 2.07. The molecule has 6 nitrogen and oxygen atoms in total. The Kier molecular flexibility index (Phi) is 4.41. The second-order valence-electron chi connectivity index (χ2n) is 5.75. The molecule has 0 radical (unpaired) electrons. The monoisotopic (exact) mass is 356 g/mol. The molecule has 0 saturated heterocycles. The fraction of sp³-hybridized carbons (Fsp3) is 0.167. The zero-order chi connectivity index (χ0) is 18.1. The SMILES string of the molecule is CC1=C(C(=O)O)C(c2ccccc2C)C([N+](=O)[O-])=C(c2cccs2)N1. The molecule has 2 N–H and O–H groups in total. The molecule has 0 fully saturated rings. The fourth-order valence-electron chi connectivity index (χ4n) is 3.12. The van der Waals surface area contributed by atoms with Crippen molar-refractivity contribution >= 4 is 23.0 Å². The molecule has 1 aromatic carbocycles. The van der Waals surface area contributed by atoms with Gasteiger partial charge in [0.25, 0.3) is 5.70 Å². The van der Waals surface area contributed by atoms with Crippen molar-refractivity contribution in [3.63, 3.8) is 0 Å². The van der Waals surface area contributed by atoms with Gasteiger partial charge in [-0.2, -0.15) is 0 Å². The third-order valence-corrected chi connectivity index (χ3v) is 5.12. The van der Waals surface area contributed by atoms with Crippen molar-refractivity contribution in [2.45, 2.75) is 19.8 Å². The average Bonchev–Trinajstić information content (AvgIpc) is 3.07. The number of allylic oxidation sites excluding steroid dienone is 2. The summed E-state index contributed by atoms with van der Waals surface area (Å²) in [5.74, 6) is -2.10. The Morgan fingerprint density at radius 2 is 1.96 bits per heavy atom. The lowest BCUT2D eigenvalue weighted by Gasteiger charge is -2.27. The van der Waals surface area contributed by atoms with Crippen LogP contribution in [0.3, 0.4) is 0 Å². The van der Waals surface area contributed by atoms with Crippen molar-refractivity contribution in [1.82, 2.24) is 5.32 Å². The number of hydrogen-bond donors (Lipinski definition) is 2. The van der Waals surface area contributed by atoms with E-state index >= 15 is 0 Å².